The number of ether oxygens (including phenoxy) is 1. The van der Waals surface area contributed by atoms with Crippen LogP contribution in [0.15, 0.2) is 36.7 Å². The third-order valence-electron chi connectivity index (χ3n) is 5.34. The second kappa shape index (κ2) is 8.59. The smallest absolute Gasteiger partial charge is 0.251 e. The van der Waals surface area contributed by atoms with Gasteiger partial charge < -0.3 is 15.0 Å². The number of carbonyl (C=O) groups excluding carboxylic acids is 2. The Balaban J connectivity index is 1.28. The topological polar surface area (TPSA) is 84.4 Å². The molecule has 2 fully saturated rings. The number of nitrogens with zero attached hydrogens (tertiary/aromatic N) is 3. The summed E-state index contributed by atoms with van der Waals surface area (Å²) in [4.78, 5) is 35.0. The summed E-state index contributed by atoms with van der Waals surface area (Å²) in [7, 11) is 0. The zero-order chi connectivity index (χ0) is 20.2. The highest BCUT2D eigenvalue weighted by molar-refractivity contribution is 5.94. The predicted octanol–water partition coefficient (Wildman–Crippen LogP) is 2.49. The number of piperidine rings is 1. The van der Waals surface area contributed by atoms with Crippen molar-refractivity contribution in [1.29, 1.82) is 0 Å². The van der Waals surface area contributed by atoms with E-state index in [9.17, 15) is 9.59 Å². The number of aromatic nitrogens is 2. The van der Waals surface area contributed by atoms with E-state index in [4.69, 9.17) is 4.74 Å². The van der Waals surface area contributed by atoms with Crippen LogP contribution in [0.5, 0.6) is 5.75 Å². The second-order valence-corrected chi connectivity index (χ2v) is 7.78. The maximum atomic E-state index is 12.5. The highest BCUT2D eigenvalue weighted by atomic mass is 16.5. The summed E-state index contributed by atoms with van der Waals surface area (Å²) in [5, 5.41) is 2.86. The number of hydrogen-bond donors (Lipinski definition) is 1. The van der Waals surface area contributed by atoms with Crippen LogP contribution in [0.3, 0.4) is 0 Å². The van der Waals surface area contributed by atoms with Crippen molar-refractivity contribution < 1.29 is 14.3 Å². The minimum absolute atomic E-state index is 0.0689. The van der Waals surface area contributed by atoms with Crippen molar-refractivity contribution in [3.63, 3.8) is 0 Å². The van der Waals surface area contributed by atoms with Crippen LogP contribution >= 0.6 is 0 Å². The lowest BCUT2D eigenvalue weighted by Crippen LogP contribution is -2.42. The van der Waals surface area contributed by atoms with Gasteiger partial charge in [-0.05, 0) is 38.0 Å². The molecule has 1 N–H and O–H groups in total. The molecule has 2 amide bonds. The Morgan fingerprint density at radius 3 is 2.62 bits per heavy atom. The van der Waals surface area contributed by atoms with E-state index in [1.807, 2.05) is 24.0 Å². The first-order chi connectivity index (χ1) is 14.1. The molecule has 7 heteroatoms. The molecule has 1 aromatic heterocycles. The predicted molar refractivity (Wildman–Crippen MR) is 107 cm³/mol. The van der Waals surface area contributed by atoms with Gasteiger partial charge in [-0.2, -0.15) is 0 Å². The lowest BCUT2D eigenvalue weighted by Gasteiger charge is -2.32. The molecule has 0 bridgehead atoms. The maximum Gasteiger partial charge on any atom is 0.251 e. The first kappa shape index (κ1) is 19.4. The van der Waals surface area contributed by atoms with Crippen LogP contribution in [0.1, 0.15) is 47.4 Å². The van der Waals surface area contributed by atoms with Gasteiger partial charge in [0, 0.05) is 43.6 Å². The first-order valence-corrected chi connectivity index (χ1v) is 10.2. The van der Waals surface area contributed by atoms with Crippen molar-refractivity contribution in [3.05, 3.63) is 53.6 Å². The van der Waals surface area contributed by atoms with Gasteiger partial charge in [0.2, 0.25) is 5.91 Å². The molecule has 2 aromatic rings. The zero-order valence-corrected chi connectivity index (χ0v) is 16.6. The van der Waals surface area contributed by atoms with Crippen molar-refractivity contribution >= 4 is 11.8 Å². The molecular formula is C22H26N4O3. The van der Waals surface area contributed by atoms with Gasteiger partial charge in [0.15, 0.2) is 0 Å². The molecule has 4 rings (SSSR count). The number of amides is 2. The molecule has 1 saturated carbocycles. The Morgan fingerprint density at radius 1 is 1.14 bits per heavy atom. The van der Waals surface area contributed by atoms with Crippen molar-refractivity contribution in [3.8, 4) is 5.75 Å². The molecule has 0 radical (unpaired) electrons. The number of carbonyl (C=O) groups is 2. The standard InChI is InChI=1S/C22H26N4O3/c1-15-12-24-18(13-23-15)14-25-21(27)17-3-2-4-20(11-17)29-19-7-9-26(10-8-19)22(28)16-5-6-16/h2-4,11-13,16,19H,5-10,14H2,1H3,(H,25,27). The minimum Gasteiger partial charge on any atom is -0.490 e. The van der Waals surface area contributed by atoms with Crippen LogP contribution in [0.2, 0.25) is 0 Å². The van der Waals surface area contributed by atoms with Crippen LogP contribution in [-0.4, -0.2) is 45.9 Å². The van der Waals surface area contributed by atoms with Gasteiger partial charge in [0.25, 0.3) is 5.91 Å². The molecule has 2 heterocycles. The molecule has 0 atom stereocenters. The van der Waals surface area contributed by atoms with Crippen LogP contribution in [0, 0.1) is 12.8 Å². The van der Waals surface area contributed by atoms with Crippen LogP contribution in [-0.2, 0) is 11.3 Å². The van der Waals surface area contributed by atoms with Gasteiger partial charge >= 0.3 is 0 Å². The summed E-state index contributed by atoms with van der Waals surface area (Å²) in [5.41, 5.74) is 2.10. The molecule has 0 spiro atoms. The van der Waals surface area contributed by atoms with E-state index in [0.717, 1.165) is 44.5 Å². The van der Waals surface area contributed by atoms with Gasteiger partial charge in [-0.1, -0.05) is 6.07 Å². The average molecular weight is 394 g/mol. The monoisotopic (exact) mass is 394 g/mol. The normalized spacial score (nSPS) is 17.1. The van der Waals surface area contributed by atoms with E-state index in [1.165, 1.54) is 0 Å². The highest BCUT2D eigenvalue weighted by Crippen LogP contribution is 2.32. The summed E-state index contributed by atoms with van der Waals surface area (Å²) in [6.45, 7) is 3.69. The Bertz CT molecular complexity index is 872. The largest absolute Gasteiger partial charge is 0.490 e. The summed E-state index contributed by atoms with van der Waals surface area (Å²) >= 11 is 0. The number of hydrogen-bond acceptors (Lipinski definition) is 5. The number of aryl methyl sites for hydroxylation is 1. The number of benzene rings is 1. The third kappa shape index (κ3) is 5.10. The number of likely N-dealkylation sites (tertiary alicyclic amines) is 1. The Hall–Kier alpha value is -2.96. The van der Waals surface area contributed by atoms with E-state index in [0.29, 0.717) is 29.5 Å². The Morgan fingerprint density at radius 2 is 1.93 bits per heavy atom. The summed E-state index contributed by atoms with van der Waals surface area (Å²) < 4.78 is 6.09. The second-order valence-electron chi connectivity index (χ2n) is 7.78. The Kier molecular flexibility index (Phi) is 5.74. The quantitative estimate of drug-likeness (QED) is 0.814. The van der Waals surface area contributed by atoms with Gasteiger partial charge in [-0.15, -0.1) is 0 Å². The molecule has 0 unspecified atom stereocenters. The summed E-state index contributed by atoms with van der Waals surface area (Å²) in [6.07, 6.45) is 7.14. The van der Waals surface area contributed by atoms with Crippen LogP contribution in [0.25, 0.3) is 0 Å². The molecule has 1 aliphatic heterocycles. The lowest BCUT2D eigenvalue weighted by atomic mass is 10.1. The molecule has 152 valence electrons. The Labute approximate surface area is 170 Å². The van der Waals surface area contributed by atoms with Crippen molar-refractivity contribution in [2.24, 2.45) is 5.92 Å². The van der Waals surface area contributed by atoms with E-state index in [1.54, 1.807) is 24.5 Å². The molecule has 7 nitrogen and oxygen atoms in total. The van der Waals surface area contributed by atoms with Crippen molar-refractivity contribution in [2.75, 3.05) is 13.1 Å². The highest BCUT2D eigenvalue weighted by Gasteiger charge is 2.35. The summed E-state index contributed by atoms with van der Waals surface area (Å²) in [6, 6.07) is 7.21. The molecule has 2 aliphatic rings. The van der Waals surface area contributed by atoms with Gasteiger partial charge in [0.1, 0.15) is 11.9 Å². The lowest BCUT2D eigenvalue weighted by molar-refractivity contribution is -0.134. The fourth-order valence-electron chi connectivity index (χ4n) is 3.47. The summed E-state index contributed by atoms with van der Waals surface area (Å²) in [5.74, 6) is 1.08. The van der Waals surface area contributed by atoms with Gasteiger partial charge in [0.05, 0.1) is 24.1 Å². The molecular weight excluding hydrogens is 368 g/mol. The van der Waals surface area contributed by atoms with E-state index >= 15 is 0 Å². The van der Waals surface area contributed by atoms with Crippen molar-refractivity contribution in [2.45, 2.75) is 45.3 Å². The number of rotatable bonds is 6. The van der Waals surface area contributed by atoms with Crippen molar-refractivity contribution in [1.82, 2.24) is 20.2 Å². The van der Waals surface area contributed by atoms with Crippen LogP contribution < -0.4 is 10.1 Å². The number of nitrogens with one attached hydrogen (secondary N) is 1. The first-order valence-electron chi connectivity index (χ1n) is 10.2. The minimum atomic E-state index is -0.178. The molecule has 1 aromatic carbocycles. The van der Waals surface area contributed by atoms with E-state index < -0.39 is 0 Å². The molecule has 29 heavy (non-hydrogen) atoms. The van der Waals surface area contributed by atoms with Crippen LogP contribution in [0.4, 0.5) is 0 Å². The third-order valence-corrected chi connectivity index (χ3v) is 5.34. The fourth-order valence-corrected chi connectivity index (χ4v) is 3.47. The van der Waals surface area contributed by atoms with E-state index in [2.05, 4.69) is 15.3 Å². The zero-order valence-electron chi connectivity index (χ0n) is 16.6. The molecule has 1 saturated heterocycles. The van der Waals surface area contributed by atoms with Gasteiger partial charge in [-0.3, -0.25) is 19.6 Å². The maximum absolute atomic E-state index is 12.5. The van der Waals surface area contributed by atoms with Gasteiger partial charge in [-0.25, -0.2) is 0 Å². The van der Waals surface area contributed by atoms with E-state index in [-0.39, 0.29) is 17.9 Å². The molecule has 1 aliphatic carbocycles. The SMILES string of the molecule is Cc1cnc(CNC(=O)c2cccc(OC3CCN(C(=O)C4CC4)CC3)c2)cn1. The fraction of sp³-hybridized carbons (Fsp3) is 0.455. The average Bonchev–Trinajstić information content (AvgIpc) is 3.59.